The van der Waals surface area contributed by atoms with Gasteiger partial charge >= 0.3 is 0 Å². The van der Waals surface area contributed by atoms with Gasteiger partial charge in [0.15, 0.2) is 0 Å². The van der Waals surface area contributed by atoms with Gasteiger partial charge in [-0.25, -0.2) is 4.98 Å². The topological polar surface area (TPSA) is 58.3 Å². The van der Waals surface area contributed by atoms with E-state index in [-0.39, 0.29) is 6.04 Å². The summed E-state index contributed by atoms with van der Waals surface area (Å²) in [5, 5.41) is 13.9. The number of hydrogen-bond donors (Lipinski definition) is 2. The summed E-state index contributed by atoms with van der Waals surface area (Å²) < 4.78 is 5.43. The number of nitrogens with zero attached hydrogens (tertiary/aromatic N) is 1. The highest BCUT2D eigenvalue weighted by Crippen LogP contribution is 2.17. The zero-order valence-electron chi connectivity index (χ0n) is 10.9. The van der Waals surface area contributed by atoms with Gasteiger partial charge in [-0.2, -0.15) is 0 Å². The molecule has 1 aromatic carbocycles. The lowest BCUT2D eigenvalue weighted by Crippen LogP contribution is -2.24. The minimum absolute atomic E-state index is 0.0457. The Labute approximate surface area is 117 Å². The standard InChI is InChI=1S/C14H17ClN2O2/c1-9-7-17-14(19-9)10(2)16-8-13(18)11-3-5-12(15)6-4-11/h3-7,10,13,16,18H,8H2,1-2H3. The van der Waals surface area contributed by atoms with Crippen molar-refractivity contribution in [3.63, 3.8) is 0 Å². The number of rotatable bonds is 5. The van der Waals surface area contributed by atoms with E-state index >= 15 is 0 Å². The van der Waals surface area contributed by atoms with Gasteiger partial charge in [0.1, 0.15) is 5.76 Å². The highest BCUT2D eigenvalue weighted by atomic mass is 35.5. The summed E-state index contributed by atoms with van der Waals surface area (Å²) in [6.07, 6.45) is 1.10. The van der Waals surface area contributed by atoms with Crippen LogP contribution in [0, 0.1) is 6.92 Å². The molecule has 0 radical (unpaired) electrons. The largest absolute Gasteiger partial charge is 0.444 e. The quantitative estimate of drug-likeness (QED) is 0.884. The molecule has 0 amide bonds. The van der Waals surface area contributed by atoms with Crippen LogP contribution in [0.2, 0.25) is 5.02 Å². The maximum Gasteiger partial charge on any atom is 0.211 e. The molecule has 5 heteroatoms. The van der Waals surface area contributed by atoms with Crippen molar-refractivity contribution in [3.05, 3.63) is 52.7 Å². The van der Waals surface area contributed by atoms with Gasteiger partial charge in [0.05, 0.1) is 18.3 Å². The summed E-state index contributed by atoms with van der Waals surface area (Å²) in [6.45, 7) is 4.22. The molecule has 0 spiro atoms. The number of oxazole rings is 1. The van der Waals surface area contributed by atoms with Crippen LogP contribution in [0.15, 0.2) is 34.9 Å². The van der Waals surface area contributed by atoms with Crippen molar-refractivity contribution in [1.82, 2.24) is 10.3 Å². The molecule has 1 aromatic heterocycles. The number of aliphatic hydroxyl groups excluding tert-OH is 1. The average Bonchev–Trinajstić information content (AvgIpc) is 2.83. The van der Waals surface area contributed by atoms with Crippen molar-refractivity contribution in [1.29, 1.82) is 0 Å². The average molecular weight is 281 g/mol. The second-order valence-corrected chi connectivity index (χ2v) is 4.94. The first-order valence-electron chi connectivity index (χ1n) is 6.15. The van der Waals surface area contributed by atoms with Crippen molar-refractivity contribution in [2.75, 3.05) is 6.54 Å². The van der Waals surface area contributed by atoms with Crippen molar-refractivity contribution in [2.24, 2.45) is 0 Å². The van der Waals surface area contributed by atoms with Gasteiger partial charge in [0.25, 0.3) is 0 Å². The fourth-order valence-corrected chi connectivity index (χ4v) is 1.88. The Morgan fingerprint density at radius 3 is 2.63 bits per heavy atom. The maximum absolute atomic E-state index is 10.1. The van der Waals surface area contributed by atoms with Gasteiger partial charge in [-0.15, -0.1) is 0 Å². The van der Waals surface area contributed by atoms with Crippen LogP contribution in [0.25, 0.3) is 0 Å². The van der Waals surface area contributed by atoms with E-state index in [9.17, 15) is 5.11 Å². The van der Waals surface area contributed by atoms with Gasteiger partial charge in [-0.05, 0) is 31.5 Å². The molecular weight excluding hydrogens is 264 g/mol. The minimum atomic E-state index is -0.587. The van der Waals surface area contributed by atoms with Crippen LogP contribution >= 0.6 is 11.6 Å². The molecule has 0 aliphatic heterocycles. The lowest BCUT2D eigenvalue weighted by molar-refractivity contribution is 0.168. The van der Waals surface area contributed by atoms with Crippen LogP contribution in [0.5, 0.6) is 0 Å². The van der Waals surface area contributed by atoms with Crippen LogP contribution in [-0.4, -0.2) is 16.6 Å². The van der Waals surface area contributed by atoms with E-state index in [1.165, 1.54) is 0 Å². The summed E-state index contributed by atoms with van der Waals surface area (Å²) in [7, 11) is 0. The number of halogens is 1. The lowest BCUT2D eigenvalue weighted by atomic mass is 10.1. The highest BCUT2D eigenvalue weighted by Gasteiger charge is 2.13. The van der Waals surface area contributed by atoms with Gasteiger partial charge in [-0.1, -0.05) is 23.7 Å². The molecule has 0 aliphatic rings. The Morgan fingerprint density at radius 1 is 1.37 bits per heavy atom. The van der Waals surface area contributed by atoms with Crippen molar-refractivity contribution in [3.8, 4) is 0 Å². The zero-order chi connectivity index (χ0) is 13.8. The number of hydrogen-bond acceptors (Lipinski definition) is 4. The van der Waals surface area contributed by atoms with Crippen molar-refractivity contribution >= 4 is 11.6 Å². The zero-order valence-corrected chi connectivity index (χ0v) is 11.7. The minimum Gasteiger partial charge on any atom is -0.444 e. The first kappa shape index (κ1) is 14.1. The molecule has 0 fully saturated rings. The van der Waals surface area contributed by atoms with Crippen LogP contribution in [-0.2, 0) is 0 Å². The third-order valence-corrected chi connectivity index (χ3v) is 3.13. The molecule has 2 atom stereocenters. The van der Waals surface area contributed by atoms with E-state index in [2.05, 4.69) is 10.3 Å². The molecule has 19 heavy (non-hydrogen) atoms. The summed E-state index contributed by atoms with van der Waals surface area (Å²) in [4.78, 5) is 4.15. The molecule has 1 heterocycles. The molecule has 2 unspecified atom stereocenters. The Morgan fingerprint density at radius 2 is 2.05 bits per heavy atom. The predicted octanol–water partition coefficient (Wildman–Crippen LogP) is 3.02. The van der Waals surface area contributed by atoms with Gasteiger partial charge < -0.3 is 14.8 Å². The van der Waals surface area contributed by atoms with Gasteiger partial charge in [0, 0.05) is 11.6 Å². The molecule has 4 nitrogen and oxygen atoms in total. The summed E-state index contributed by atoms with van der Waals surface area (Å²) in [6, 6.07) is 7.11. The maximum atomic E-state index is 10.1. The molecule has 2 aromatic rings. The number of aromatic nitrogens is 1. The fraction of sp³-hybridized carbons (Fsp3) is 0.357. The molecule has 102 valence electrons. The molecular formula is C14H17ClN2O2. The number of benzene rings is 1. The van der Waals surface area contributed by atoms with Crippen molar-refractivity contribution < 1.29 is 9.52 Å². The summed E-state index contributed by atoms with van der Waals surface area (Å²) in [5.41, 5.74) is 0.827. The van der Waals surface area contributed by atoms with E-state index in [4.69, 9.17) is 16.0 Å². The lowest BCUT2D eigenvalue weighted by Gasteiger charge is -2.15. The number of aliphatic hydroxyl groups is 1. The Hall–Kier alpha value is -1.36. The first-order chi connectivity index (χ1) is 9.06. The first-order valence-corrected chi connectivity index (χ1v) is 6.53. The smallest absolute Gasteiger partial charge is 0.211 e. The van der Waals surface area contributed by atoms with Crippen molar-refractivity contribution in [2.45, 2.75) is 26.0 Å². The summed E-state index contributed by atoms with van der Waals surface area (Å²) >= 11 is 5.81. The van der Waals surface area contributed by atoms with E-state index in [0.29, 0.717) is 17.5 Å². The third kappa shape index (κ3) is 3.80. The number of nitrogens with one attached hydrogen (secondary N) is 1. The Kier molecular flexibility index (Phi) is 4.58. The molecule has 0 aliphatic carbocycles. The monoisotopic (exact) mass is 280 g/mol. The van der Waals surface area contributed by atoms with Gasteiger partial charge in [-0.3, -0.25) is 0 Å². The van der Waals surface area contributed by atoms with Crippen LogP contribution < -0.4 is 5.32 Å². The normalized spacial score (nSPS) is 14.3. The SMILES string of the molecule is Cc1cnc(C(C)NCC(O)c2ccc(Cl)cc2)o1. The molecule has 0 bridgehead atoms. The van der Waals surface area contributed by atoms with Crippen LogP contribution in [0.1, 0.15) is 36.3 Å². The van der Waals surface area contributed by atoms with E-state index < -0.39 is 6.10 Å². The Balaban J connectivity index is 1.89. The van der Waals surface area contributed by atoms with E-state index in [1.807, 2.05) is 26.0 Å². The number of aryl methyl sites for hydroxylation is 1. The van der Waals surface area contributed by atoms with Gasteiger partial charge in [0.2, 0.25) is 5.89 Å². The molecule has 2 N–H and O–H groups in total. The predicted molar refractivity (Wildman–Crippen MR) is 74.1 cm³/mol. The third-order valence-electron chi connectivity index (χ3n) is 2.88. The molecule has 2 rings (SSSR count). The fourth-order valence-electron chi connectivity index (χ4n) is 1.75. The second kappa shape index (κ2) is 6.19. The summed E-state index contributed by atoms with van der Waals surface area (Å²) in [5.74, 6) is 1.41. The Bertz CT molecular complexity index is 524. The second-order valence-electron chi connectivity index (χ2n) is 4.51. The molecule has 0 saturated heterocycles. The molecule has 0 saturated carbocycles. The van der Waals surface area contributed by atoms with E-state index in [0.717, 1.165) is 11.3 Å². The highest BCUT2D eigenvalue weighted by molar-refractivity contribution is 6.30. The van der Waals surface area contributed by atoms with E-state index in [1.54, 1.807) is 18.3 Å². The van der Waals surface area contributed by atoms with Crippen LogP contribution in [0.3, 0.4) is 0 Å². The van der Waals surface area contributed by atoms with Crippen LogP contribution in [0.4, 0.5) is 0 Å².